The number of aliphatic hydroxyl groups is 8. The zero-order valence-corrected chi connectivity index (χ0v) is 14.1. The van der Waals surface area contributed by atoms with E-state index in [0.29, 0.717) is 0 Å². The highest BCUT2D eigenvalue weighted by Crippen LogP contribution is 2.24. The highest BCUT2D eigenvalue weighted by atomic mass is 16.7. The lowest BCUT2D eigenvalue weighted by Gasteiger charge is -2.43. The molecule has 13 heteroatoms. The van der Waals surface area contributed by atoms with Gasteiger partial charge in [-0.2, -0.15) is 0 Å². The van der Waals surface area contributed by atoms with Crippen molar-refractivity contribution in [2.45, 2.75) is 61.3 Å². The van der Waals surface area contributed by atoms with Gasteiger partial charge in [0, 0.05) is 0 Å². The molecule has 27 heavy (non-hydrogen) atoms. The van der Waals surface area contributed by atoms with E-state index in [9.17, 15) is 35.4 Å². The van der Waals surface area contributed by atoms with Crippen molar-refractivity contribution in [3.63, 3.8) is 0 Å². The van der Waals surface area contributed by atoms with E-state index in [2.05, 4.69) is 5.32 Å². The molecule has 0 spiro atoms. The zero-order chi connectivity index (χ0) is 20.3. The summed E-state index contributed by atoms with van der Waals surface area (Å²) in [5.74, 6) is -0.898. The number of rotatable bonds is 6. The number of hydrogen-bond donors (Lipinski definition) is 9. The van der Waals surface area contributed by atoms with Gasteiger partial charge in [-0.3, -0.25) is 4.79 Å². The molecule has 13 nitrogen and oxygen atoms in total. The highest BCUT2D eigenvalue weighted by molar-refractivity contribution is 5.77. The zero-order valence-electron chi connectivity index (χ0n) is 14.1. The van der Waals surface area contributed by atoms with E-state index < -0.39 is 87.1 Å². The summed E-state index contributed by atoms with van der Waals surface area (Å²) in [6, 6.07) is -1.40. The third-order valence-electron chi connectivity index (χ3n) is 4.46. The second-order valence-electron chi connectivity index (χ2n) is 6.33. The number of hydrogen-bond acceptors (Lipinski definition) is 12. The molecule has 0 aliphatic carbocycles. The first-order valence-electron chi connectivity index (χ1n) is 8.23. The summed E-state index contributed by atoms with van der Waals surface area (Å²) in [7, 11) is 0. The van der Waals surface area contributed by atoms with E-state index in [4.69, 9.17) is 24.4 Å². The van der Waals surface area contributed by atoms with Crippen LogP contribution in [0.2, 0.25) is 0 Å². The summed E-state index contributed by atoms with van der Waals surface area (Å²) in [6.07, 6.45) is -13.9. The Morgan fingerprint density at radius 3 is 2.07 bits per heavy atom. The fourth-order valence-electron chi connectivity index (χ4n) is 2.87. The van der Waals surface area contributed by atoms with E-state index >= 15 is 0 Å². The highest BCUT2D eigenvalue weighted by Gasteiger charge is 2.47. The number of ether oxygens (including phenoxy) is 3. The van der Waals surface area contributed by atoms with Gasteiger partial charge in [-0.1, -0.05) is 0 Å². The molecule has 0 bridgehead atoms. The first-order chi connectivity index (χ1) is 12.7. The fourth-order valence-corrected chi connectivity index (χ4v) is 2.87. The number of nitrogens with one attached hydrogen (secondary N) is 1. The van der Waals surface area contributed by atoms with Crippen LogP contribution < -0.4 is 5.32 Å². The molecule has 0 aromatic rings. The fraction of sp³-hybridized carbons (Fsp3) is 0.929. The molecule has 2 aliphatic rings. The van der Waals surface area contributed by atoms with Gasteiger partial charge in [0.2, 0.25) is 5.91 Å². The van der Waals surface area contributed by atoms with Gasteiger partial charge >= 0.3 is 0 Å². The van der Waals surface area contributed by atoms with Gasteiger partial charge < -0.3 is 60.4 Å². The van der Waals surface area contributed by atoms with Gasteiger partial charge in [0.1, 0.15) is 55.4 Å². The monoisotopic (exact) mass is 399 g/mol. The summed E-state index contributed by atoms with van der Waals surface area (Å²) in [4.78, 5) is 11.2. The topological polar surface area (TPSA) is 219 Å². The van der Waals surface area contributed by atoms with Crippen LogP contribution in [0.4, 0.5) is 0 Å². The third-order valence-corrected chi connectivity index (χ3v) is 4.46. The largest absolute Gasteiger partial charge is 0.394 e. The van der Waals surface area contributed by atoms with Gasteiger partial charge in [-0.05, 0) is 0 Å². The van der Waals surface area contributed by atoms with E-state index in [1.54, 1.807) is 0 Å². The minimum absolute atomic E-state index is 0.515. The third kappa shape index (κ3) is 4.90. The lowest BCUT2D eigenvalue weighted by molar-refractivity contribution is -0.318. The van der Waals surface area contributed by atoms with Crippen LogP contribution in [0.5, 0.6) is 0 Å². The SMILES string of the molecule is O=C(CO)N[C@@H]1[C@@H](O)[C@H](O)[C@@H](CO[C@@H]2O[C@H](CO)[C@H](O)[C@H](O)[C@H]2O)O[C@@H]1O. The van der Waals surface area contributed by atoms with E-state index in [1.807, 2.05) is 0 Å². The van der Waals surface area contributed by atoms with Crippen LogP contribution in [0.15, 0.2) is 0 Å². The Bertz CT molecular complexity index is 493. The molecule has 2 heterocycles. The van der Waals surface area contributed by atoms with Gasteiger partial charge in [0.15, 0.2) is 12.6 Å². The number of amides is 1. The molecule has 0 radical (unpaired) electrons. The molecule has 0 aromatic heterocycles. The molecule has 10 atom stereocenters. The normalized spacial score (nSPS) is 45.5. The maximum atomic E-state index is 11.2. The van der Waals surface area contributed by atoms with Crippen molar-refractivity contribution in [1.82, 2.24) is 5.32 Å². The van der Waals surface area contributed by atoms with Crippen molar-refractivity contribution in [3.05, 3.63) is 0 Å². The minimum atomic E-state index is -1.73. The average molecular weight is 399 g/mol. The molecule has 2 aliphatic heterocycles. The molecule has 0 saturated carbocycles. The summed E-state index contributed by atoms with van der Waals surface area (Å²) in [5.41, 5.74) is 0. The molecule has 9 N–H and O–H groups in total. The van der Waals surface area contributed by atoms with Crippen molar-refractivity contribution >= 4 is 5.91 Å². The maximum absolute atomic E-state index is 11.2. The summed E-state index contributed by atoms with van der Waals surface area (Å²) in [5, 5.41) is 79.2. The molecule has 0 aromatic carbocycles. The Hall–Kier alpha value is -0.970. The average Bonchev–Trinajstić information content (AvgIpc) is 2.66. The van der Waals surface area contributed by atoms with Crippen LogP contribution in [0.3, 0.4) is 0 Å². The number of aliphatic hydroxyl groups excluding tert-OH is 8. The Labute approximate surface area is 153 Å². The van der Waals surface area contributed by atoms with Crippen LogP contribution in [-0.2, 0) is 19.0 Å². The molecule has 1 amide bonds. The Balaban J connectivity index is 1.95. The Morgan fingerprint density at radius 2 is 1.48 bits per heavy atom. The molecular weight excluding hydrogens is 374 g/mol. The summed E-state index contributed by atoms with van der Waals surface area (Å²) >= 11 is 0. The van der Waals surface area contributed by atoms with Crippen LogP contribution in [-0.4, -0.2) is 128 Å². The van der Waals surface area contributed by atoms with Crippen molar-refractivity contribution in [2.24, 2.45) is 0 Å². The molecule has 0 unspecified atom stereocenters. The predicted molar refractivity (Wildman–Crippen MR) is 81.6 cm³/mol. The van der Waals surface area contributed by atoms with Crippen LogP contribution >= 0.6 is 0 Å². The molecular formula is C14H25NO12. The smallest absolute Gasteiger partial charge is 0.246 e. The van der Waals surface area contributed by atoms with E-state index in [0.717, 1.165) is 0 Å². The Morgan fingerprint density at radius 1 is 0.852 bits per heavy atom. The van der Waals surface area contributed by atoms with Gasteiger partial charge in [0.05, 0.1) is 13.2 Å². The van der Waals surface area contributed by atoms with Crippen molar-refractivity contribution in [2.75, 3.05) is 19.8 Å². The van der Waals surface area contributed by atoms with E-state index in [1.165, 1.54) is 0 Å². The van der Waals surface area contributed by atoms with Gasteiger partial charge in [-0.25, -0.2) is 0 Å². The predicted octanol–water partition coefficient (Wildman–Crippen LogP) is -6.28. The van der Waals surface area contributed by atoms with Gasteiger partial charge in [0.25, 0.3) is 0 Å². The molecule has 2 fully saturated rings. The molecule has 158 valence electrons. The van der Waals surface area contributed by atoms with Crippen molar-refractivity contribution in [1.29, 1.82) is 0 Å². The lowest BCUT2D eigenvalue weighted by Crippen LogP contribution is -2.65. The van der Waals surface area contributed by atoms with Crippen LogP contribution in [0.25, 0.3) is 0 Å². The first kappa shape index (κ1) is 22.3. The van der Waals surface area contributed by atoms with Crippen LogP contribution in [0, 0.1) is 0 Å². The van der Waals surface area contributed by atoms with Crippen molar-refractivity contribution < 1.29 is 59.9 Å². The lowest BCUT2D eigenvalue weighted by atomic mass is 9.96. The minimum Gasteiger partial charge on any atom is -0.394 e. The quantitative estimate of drug-likeness (QED) is 0.204. The standard InChI is InChI=1S/C14H25NO12/c16-1-4-8(19)11(22)12(23)14(27-4)25-3-5-9(20)10(21)7(13(24)26-5)15-6(18)2-17/h4-5,7-14,16-17,19-24H,1-3H2,(H,15,18)/t4-,5-,7-,8+,9-,10-,11+,12-,13+,14-/m1/s1. The first-order valence-corrected chi connectivity index (χ1v) is 8.23. The second-order valence-corrected chi connectivity index (χ2v) is 6.33. The number of carbonyl (C=O) groups excluding carboxylic acids is 1. The summed E-state index contributed by atoms with van der Waals surface area (Å²) in [6.45, 7) is -2.06. The maximum Gasteiger partial charge on any atom is 0.246 e. The van der Waals surface area contributed by atoms with E-state index in [-0.39, 0.29) is 0 Å². The number of carbonyl (C=O) groups is 1. The molecule has 2 saturated heterocycles. The van der Waals surface area contributed by atoms with Crippen LogP contribution in [0.1, 0.15) is 0 Å². The van der Waals surface area contributed by atoms with Crippen molar-refractivity contribution in [3.8, 4) is 0 Å². The Kier molecular flexibility index (Phi) is 7.84. The van der Waals surface area contributed by atoms with Gasteiger partial charge in [-0.15, -0.1) is 0 Å². The summed E-state index contributed by atoms with van der Waals surface area (Å²) < 4.78 is 15.4. The second kappa shape index (κ2) is 9.49. The molecule has 2 rings (SSSR count).